The molecule has 0 aromatic rings. The number of rotatable bonds is 3. The molecule has 0 radical (unpaired) electrons. The molecule has 0 saturated carbocycles. The number of hydrogen-bond acceptors (Lipinski definition) is 1. The molecule has 0 spiro atoms. The Hall–Kier alpha value is 0.250. The quantitative estimate of drug-likeness (QED) is 0.540. The second kappa shape index (κ2) is 4.16. The lowest BCUT2D eigenvalue weighted by Gasteiger charge is -2.09. The molecule has 0 aromatic heterocycles. The summed E-state index contributed by atoms with van der Waals surface area (Å²) in [6.07, 6.45) is 1.22. The molecule has 50 valence electrons. The van der Waals surface area contributed by atoms with Crippen molar-refractivity contribution in [3.63, 3.8) is 0 Å². The van der Waals surface area contributed by atoms with Crippen molar-refractivity contribution in [2.75, 3.05) is 7.11 Å². The summed E-state index contributed by atoms with van der Waals surface area (Å²) in [6.45, 7) is 3.98. The van der Waals surface area contributed by atoms with Gasteiger partial charge < -0.3 is 4.74 Å². The zero-order chi connectivity index (χ0) is 6.57. The normalized spacial score (nSPS) is 18.0. The van der Waals surface area contributed by atoms with Crippen LogP contribution in [0.1, 0.15) is 20.3 Å². The van der Waals surface area contributed by atoms with Crippen molar-refractivity contribution >= 4 is 11.6 Å². The van der Waals surface area contributed by atoms with Crippen molar-refractivity contribution in [2.45, 2.75) is 31.7 Å². The van der Waals surface area contributed by atoms with Crippen molar-refractivity contribution < 1.29 is 4.74 Å². The Labute approximate surface area is 56.0 Å². The van der Waals surface area contributed by atoms with Crippen LogP contribution < -0.4 is 0 Å². The van der Waals surface area contributed by atoms with Gasteiger partial charge in [0.1, 0.15) is 0 Å². The van der Waals surface area contributed by atoms with Crippen molar-refractivity contribution in [3.05, 3.63) is 0 Å². The maximum absolute atomic E-state index is 5.67. The first-order chi connectivity index (χ1) is 3.66. The van der Waals surface area contributed by atoms with Crippen LogP contribution >= 0.6 is 11.6 Å². The van der Waals surface area contributed by atoms with E-state index in [0.29, 0.717) is 6.10 Å². The van der Waals surface area contributed by atoms with Crippen LogP contribution in [0.4, 0.5) is 0 Å². The highest BCUT2D eigenvalue weighted by molar-refractivity contribution is 6.20. The van der Waals surface area contributed by atoms with Crippen LogP contribution in [0.3, 0.4) is 0 Å². The summed E-state index contributed by atoms with van der Waals surface area (Å²) >= 11 is 5.67. The van der Waals surface area contributed by atoms with E-state index in [1.807, 2.05) is 13.8 Å². The number of ether oxygens (including phenoxy) is 1. The van der Waals surface area contributed by atoms with E-state index in [0.717, 1.165) is 6.42 Å². The summed E-state index contributed by atoms with van der Waals surface area (Å²) in [5.74, 6) is 0. The highest BCUT2D eigenvalue weighted by Crippen LogP contribution is 2.05. The van der Waals surface area contributed by atoms with Crippen molar-refractivity contribution in [1.82, 2.24) is 0 Å². The van der Waals surface area contributed by atoms with Crippen LogP contribution in [-0.4, -0.2) is 18.6 Å². The van der Waals surface area contributed by atoms with Gasteiger partial charge in [-0.05, 0) is 20.3 Å². The second-order valence-electron chi connectivity index (χ2n) is 2.06. The number of halogens is 1. The molecule has 0 saturated heterocycles. The highest BCUT2D eigenvalue weighted by Gasteiger charge is 2.02. The monoisotopic (exact) mass is 136 g/mol. The summed E-state index contributed by atoms with van der Waals surface area (Å²) in [4.78, 5) is 0. The summed E-state index contributed by atoms with van der Waals surface area (Å²) in [6, 6.07) is 0. The second-order valence-corrected chi connectivity index (χ2v) is 2.81. The predicted molar refractivity (Wildman–Crippen MR) is 36.4 cm³/mol. The van der Waals surface area contributed by atoms with Gasteiger partial charge in [0.15, 0.2) is 0 Å². The van der Waals surface area contributed by atoms with Gasteiger partial charge in [-0.15, -0.1) is 11.6 Å². The molecule has 2 atom stereocenters. The first-order valence-electron chi connectivity index (χ1n) is 2.83. The third-order valence-electron chi connectivity index (χ3n) is 1.06. The lowest BCUT2D eigenvalue weighted by atomic mass is 10.2. The number of methoxy groups -OCH3 is 1. The summed E-state index contributed by atoms with van der Waals surface area (Å²) in [7, 11) is 1.70. The van der Waals surface area contributed by atoms with Gasteiger partial charge in [0.05, 0.1) is 6.10 Å². The van der Waals surface area contributed by atoms with Gasteiger partial charge in [-0.25, -0.2) is 0 Å². The molecular formula is C6H13ClO. The molecule has 0 rings (SSSR count). The molecule has 0 heterocycles. The van der Waals surface area contributed by atoms with Gasteiger partial charge in [-0.1, -0.05) is 0 Å². The Morgan fingerprint density at radius 2 is 2.00 bits per heavy atom. The summed E-state index contributed by atoms with van der Waals surface area (Å²) in [5.41, 5.74) is 0. The Kier molecular flexibility index (Phi) is 4.29. The molecule has 0 aromatic carbocycles. The minimum absolute atomic E-state index is 0.227. The van der Waals surface area contributed by atoms with Gasteiger partial charge in [-0.2, -0.15) is 0 Å². The molecule has 0 N–H and O–H groups in total. The molecule has 0 aliphatic heterocycles. The molecule has 0 bridgehead atoms. The lowest BCUT2D eigenvalue weighted by Crippen LogP contribution is -2.09. The van der Waals surface area contributed by atoms with E-state index < -0.39 is 0 Å². The van der Waals surface area contributed by atoms with Crippen LogP contribution in [0, 0.1) is 0 Å². The maximum Gasteiger partial charge on any atom is 0.0557 e. The Morgan fingerprint density at radius 1 is 1.50 bits per heavy atom. The van der Waals surface area contributed by atoms with E-state index in [-0.39, 0.29) is 5.38 Å². The zero-order valence-corrected chi connectivity index (χ0v) is 6.40. The average molecular weight is 137 g/mol. The number of alkyl halides is 1. The third-order valence-corrected chi connectivity index (χ3v) is 1.24. The van der Waals surface area contributed by atoms with Crippen LogP contribution in [0.15, 0.2) is 0 Å². The lowest BCUT2D eigenvalue weighted by molar-refractivity contribution is 0.111. The molecule has 0 amide bonds. The van der Waals surface area contributed by atoms with Gasteiger partial charge in [-0.3, -0.25) is 0 Å². The van der Waals surface area contributed by atoms with E-state index >= 15 is 0 Å². The minimum atomic E-state index is 0.227. The smallest absolute Gasteiger partial charge is 0.0557 e. The van der Waals surface area contributed by atoms with E-state index in [4.69, 9.17) is 16.3 Å². The van der Waals surface area contributed by atoms with E-state index in [9.17, 15) is 0 Å². The van der Waals surface area contributed by atoms with E-state index in [2.05, 4.69) is 0 Å². The predicted octanol–water partition coefficient (Wildman–Crippen LogP) is 2.04. The maximum atomic E-state index is 5.67. The fraction of sp³-hybridized carbons (Fsp3) is 1.00. The first-order valence-corrected chi connectivity index (χ1v) is 3.27. The number of hydrogen-bond donors (Lipinski definition) is 0. The van der Waals surface area contributed by atoms with Crippen molar-refractivity contribution in [3.8, 4) is 0 Å². The molecule has 1 nitrogen and oxygen atoms in total. The minimum Gasteiger partial charge on any atom is -0.382 e. The van der Waals surface area contributed by atoms with Gasteiger partial charge >= 0.3 is 0 Å². The Morgan fingerprint density at radius 3 is 2.12 bits per heavy atom. The third kappa shape index (κ3) is 4.41. The van der Waals surface area contributed by atoms with Gasteiger partial charge in [0.25, 0.3) is 0 Å². The highest BCUT2D eigenvalue weighted by atomic mass is 35.5. The Balaban J connectivity index is 3.10. The standard InChI is InChI=1S/C6H13ClO/c1-5(7)4-6(2)8-3/h5-6H,4H2,1-3H3/t5-,6+/m1/s1. The molecule has 0 aliphatic carbocycles. The average Bonchev–Trinajstić information content (AvgIpc) is 1.65. The summed E-state index contributed by atoms with van der Waals surface area (Å²) < 4.78 is 4.98. The fourth-order valence-electron chi connectivity index (χ4n) is 0.554. The topological polar surface area (TPSA) is 9.23 Å². The van der Waals surface area contributed by atoms with Crippen LogP contribution in [0.5, 0.6) is 0 Å². The molecule has 0 aliphatic rings. The van der Waals surface area contributed by atoms with Crippen LogP contribution in [0.25, 0.3) is 0 Å². The largest absolute Gasteiger partial charge is 0.382 e. The fourth-order valence-corrected chi connectivity index (χ4v) is 0.805. The first kappa shape index (κ1) is 8.25. The van der Waals surface area contributed by atoms with Gasteiger partial charge in [0.2, 0.25) is 0 Å². The molecule has 2 heteroatoms. The molecule has 8 heavy (non-hydrogen) atoms. The van der Waals surface area contributed by atoms with Crippen molar-refractivity contribution in [1.29, 1.82) is 0 Å². The molecule has 0 fully saturated rings. The van der Waals surface area contributed by atoms with Gasteiger partial charge in [0, 0.05) is 12.5 Å². The van der Waals surface area contributed by atoms with E-state index in [1.54, 1.807) is 7.11 Å². The Bertz CT molecular complexity index is 54.5. The molecule has 0 unspecified atom stereocenters. The summed E-state index contributed by atoms with van der Waals surface area (Å²) in [5, 5.41) is 0.227. The zero-order valence-electron chi connectivity index (χ0n) is 5.65. The van der Waals surface area contributed by atoms with E-state index in [1.165, 1.54) is 0 Å². The van der Waals surface area contributed by atoms with Crippen LogP contribution in [-0.2, 0) is 4.74 Å². The molecular weight excluding hydrogens is 124 g/mol. The SMILES string of the molecule is CO[C@@H](C)C[C@@H](C)Cl. The van der Waals surface area contributed by atoms with Crippen LogP contribution in [0.2, 0.25) is 0 Å². The van der Waals surface area contributed by atoms with Crippen molar-refractivity contribution in [2.24, 2.45) is 0 Å².